The normalized spacial score (nSPS) is 19.5. The Morgan fingerprint density at radius 2 is 1.46 bits per heavy atom. The largest absolute Gasteiger partial charge is 0.271 e. The number of imide groups is 1. The Morgan fingerprint density at radius 3 is 2.17 bits per heavy atom. The molecule has 4 rings (SSSR count). The van der Waals surface area contributed by atoms with E-state index in [0.717, 1.165) is 31.1 Å². The summed E-state index contributed by atoms with van der Waals surface area (Å²) in [6.07, 6.45) is 7.63. The molecule has 3 nitrogen and oxygen atoms in total. The minimum Gasteiger partial charge on any atom is -0.271 e. The van der Waals surface area contributed by atoms with Crippen LogP contribution in [0.2, 0.25) is 5.02 Å². The van der Waals surface area contributed by atoms with E-state index in [1.165, 1.54) is 24.2 Å². The molecule has 2 amide bonds. The van der Waals surface area contributed by atoms with Gasteiger partial charge in [0.1, 0.15) is 0 Å². The van der Waals surface area contributed by atoms with Crippen LogP contribution < -0.4 is 0 Å². The topological polar surface area (TPSA) is 37.4 Å². The van der Waals surface area contributed by atoms with Gasteiger partial charge in [-0.2, -0.15) is 0 Å². The molecule has 1 aliphatic heterocycles. The van der Waals surface area contributed by atoms with Crippen molar-refractivity contribution in [2.45, 2.75) is 51.0 Å². The van der Waals surface area contributed by atoms with Gasteiger partial charge in [0.2, 0.25) is 0 Å². The van der Waals surface area contributed by atoms with Gasteiger partial charge in [-0.1, -0.05) is 55.8 Å². The van der Waals surface area contributed by atoms with Crippen molar-refractivity contribution in [1.82, 2.24) is 4.90 Å². The average Bonchev–Trinajstić information content (AvgIpc) is 2.55. The summed E-state index contributed by atoms with van der Waals surface area (Å²) in [5.41, 5.74) is 1.21. The maximum atomic E-state index is 13.1. The van der Waals surface area contributed by atoms with Crippen molar-refractivity contribution in [2.75, 3.05) is 0 Å². The lowest BCUT2D eigenvalue weighted by Gasteiger charge is -2.35. The van der Waals surface area contributed by atoms with Crippen LogP contribution in [0, 0.1) is 0 Å². The van der Waals surface area contributed by atoms with Gasteiger partial charge in [0.05, 0.1) is 0 Å². The minimum absolute atomic E-state index is 0.0179. The molecule has 1 saturated carbocycles. The van der Waals surface area contributed by atoms with Crippen molar-refractivity contribution in [1.29, 1.82) is 0 Å². The monoisotopic (exact) mass is 341 g/mol. The second-order valence-corrected chi connectivity index (χ2v) is 7.21. The van der Waals surface area contributed by atoms with E-state index in [-0.39, 0.29) is 17.9 Å². The number of hydrogen-bond donors (Lipinski definition) is 0. The van der Waals surface area contributed by atoms with Gasteiger partial charge >= 0.3 is 0 Å². The molecule has 24 heavy (non-hydrogen) atoms. The van der Waals surface area contributed by atoms with Crippen molar-refractivity contribution < 1.29 is 9.59 Å². The average molecular weight is 342 g/mol. The highest BCUT2D eigenvalue weighted by atomic mass is 35.5. The molecule has 124 valence electrons. The maximum Gasteiger partial charge on any atom is 0.261 e. The summed E-state index contributed by atoms with van der Waals surface area (Å²) in [4.78, 5) is 27.7. The highest BCUT2D eigenvalue weighted by Crippen LogP contribution is 2.36. The summed E-state index contributed by atoms with van der Waals surface area (Å²) in [7, 11) is 0. The zero-order valence-electron chi connectivity index (χ0n) is 13.6. The third-order valence-corrected chi connectivity index (χ3v) is 5.66. The number of rotatable bonds is 1. The van der Waals surface area contributed by atoms with Gasteiger partial charge in [-0.05, 0) is 31.0 Å². The van der Waals surface area contributed by atoms with E-state index >= 15 is 0 Å². The van der Waals surface area contributed by atoms with Crippen molar-refractivity contribution >= 4 is 34.2 Å². The summed E-state index contributed by atoms with van der Waals surface area (Å²) in [5.74, 6) is -0.322. The Bertz CT molecular complexity index is 799. The molecule has 0 bridgehead atoms. The summed E-state index contributed by atoms with van der Waals surface area (Å²) in [5, 5.41) is 2.07. The van der Waals surface area contributed by atoms with Gasteiger partial charge in [0, 0.05) is 33.0 Å². The van der Waals surface area contributed by atoms with E-state index < -0.39 is 0 Å². The first kappa shape index (κ1) is 15.6. The van der Waals surface area contributed by atoms with E-state index in [2.05, 4.69) is 0 Å². The summed E-state index contributed by atoms with van der Waals surface area (Å²) in [6, 6.07) is 9.07. The number of amides is 2. The quantitative estimate of drug-likeness (QED) is 0.668. The van der Waals surface area contributed by atoms with Crippen molar-refractivity contribution in [3.8, 4) is 0 Å². The van der Waals surface area contributed by atoms with Crippen LogP contribution in [0.1, 0.15) is 65.7 Å². The molecule has 4 heteroatoms. The zero-order chi connectivity index (χ0) is 16.7. The number of nitrogens with zero attached hydrogens (tertiary/aromatic N) is 1. The molecular weight excluding hydrogens is 322 g/mol. The highest BCUT2D eigenvalue weighted by molar-refractivity contribution is 6.38. The van der Waals surface area contributed by atoms with Gasteiger partial charge in [0.25, 0.3) is 11.8 Å². The second-order valence-electron chi connectivity index (χ2n) is 6.80. The molecule has 2 aromatic rings. The summed E-state index contributed by atoms with van der Waals surface area (Å²) in [6.45, 7) is 0. The molecule has 0 aromatic heterocycles. The van der Waals surface area contributed by atoms with E-state index in [0.29, 0.717) is 21.5 Å². The van der Waals surface area contributed by atoms with E-state index in [9.17, 15) is 9.59 Å². The Kier molecular flexibility index (Phi) is 4.05. The highest BCUT2D eigenvalue weighted by Gasteiger charge is 2.37. The molecule has 0 spiro atoms. The Morgan fingerprint density at radius 1 is 0.833 bits per heavy atom. The van der Waals surface area contributed by atoms with E-state index in [4.69, 9.17) is 11.6 Å². The van der Waals surface area contributed by atoms with Gasteiger partial charge in [-0.15, -0.1) is 0 Å². The van der Waals surface area contributed by atoms with Crippen LogP contribution in [-0.2, 0) is 0 Å². The maximum absolute atomic E-state index is 13.1. The lowest BCUT2D eigenvalue weighted by atomic mass is 9.90. The fourth-order valence-electron chi connectivity index (χ4n) is 4.10. The van der Waals surface area contributed by atoms with Crippen LogP contribution in [0.5, 0.6) is 0 Å². The Balaban J connectivity index is 1.81. The summed E-state index contributed by atoms with van der Waals surface area (Å²) >= 11 is 6.27. The Hall–Kier alpha value is -1.87. The van der Waals surface area contributed by atoms with Crippen molar-refractivity contribution in [3.63, 3.8) is 0 Å². The smallest absolute Gasteiger partial charge is 0.261 e. The number of carbonyl (C=O) groups excluding carboxylic acids is 2. The van der Waals surface area contributed by atoms with Gasteiger partial charge in [0.15, 0.2) is 0 Å². The Labute approximate surface area is 146 Å². The first-order valence-electron chi connectivity index (χ1n) is 8.77. The molecule has 0 unspecified atom stereocenters. The minimum atomic E-state index is -0.161. The predicted octanol–water partition coefficient (Wildman–Crippen LogP) is 5.20. The first-order valence-corrected chi connectivity index (χ1v) is 9.15. The van der Waals surface area contributed by atoms with Crippen LogP contribution in [-0.4, -0.2) is 22.8 Å². The molecule has 0 atom stereocenters. The molecule has 0 radical (unpaired) electrons. The fourth-order valence-corrected chi connectivity index (χ4v) is 4.32. The van der Waals surface area contributed by atoms with Crippen LogP contribution in [0.15, 0.2) is 30.3 Å². The molecule has 1 heterocycles. The van der Waals surface area contributed by atoms with Crippen LogP contribution in [0.25, 0.3) is 10.8 Å². The van der Waals surface area contributed by atoms with E-state index in [1.807, 2.05) is 18.2 Å². The van der Waals surface area contributed by atoms with Gasteiger partial charge in [-0.3, -0.25) is 14.5 Å². The van der Waals surface area contributed by atoms with Gasteiger partial charge < -0.3 is 0 Å². The summed E-state index contributed by atoms with van der Waals surface area (Å²) < 4.78 is 0. The molecule has 1 fully saturated rings. The van der Waals surface area contributed by atoms with Gasteiger partial charge in [-0.25, -0.2) is 0 Å². The zero-order valence-corrected chi connectivity index (χ0v) is 14.3. The number of carbonyl (C=O) groups is 2. The predicted molar refractivity (Wildman–Crippen MR) is 95.6 cm³/mol. The standard InChI is InChI=1S/C20H20ClNO2/c21-17-12-11-16-18-14(17)9-6-10-15(18)19(23)22(20(16)24)13-7-4-2-1-3-5-8-13/h6,9-13H,1-5,7-8H2. The first-order chi connectivity index (χ1) is 11.7. The third kappa shape index (κ3) is 2.42. The number of halogens is 1. The van der Waals surface area contributed by atoms with Crippen LogP contribution in [0.3, 0.4) is 0 Å². The molecule has 2 aromatic carbocycles. The second kappa shape index (κ2) is 6.21. The van der Waals surface area contributed by atoms with Crippen LogP contribution >= 0.6 is 11.6 Å². The molecule has 0 saturated heterocycles. The molecule has 0 N–H and O–H groups in total. The number of hydrogen-bond acceptors (Lipinski definition) is 2. The van der Waals surface area contributed by atoms with E-state index in [1.54, 1.807) is 12.1 Å². The number of benzene rings is 2. The lowest BCUT2D eigenvalue weighted by Crippen LogP contribution is -2.47. The molecule has 2 aliphatic rings. The fraction of sp³-hybridized carbons (Fsp3) is 0.400. The molecule has 1 aliphatic carbocycles. The SMILES string of the molecule is O=C1c2cccc3c(Cl)ccc(c23)C(=O)N1C1CCCCCCC1. The van der Waals surface area contributed by atoms with Crippen molar-refractivity contribution in [2.24, 2.45) is 0 Å². The van der Waals surface area contributed by atoms with Crippen molar-refractivity contribution in [3.05, 3.63) is 46.5 Å². The van der Waals surface area contributed by atoms with Crippen LogP contribution in [0.4, 0.5) is 0 Å². The third-order valence-electron chi connectivity index (χ3n) is 5.33. The molecular formula is C20H20ClNO2. The lowest BCUT2D eigenvalue weighted by molar-refractivity contribution is 0.0513.